The van der Waals surface area contributed by atoms with Gasteiger partial charge in [-0.15, -0.1) is 12.4 Å². The summed E-state index contributed by atoms with van der Waals surface area (Å²) in [5.41, 5.74) is 2.97. The Kier molecular flexibility index (Phi) is 7.33. The molecule has 0 aliphatic carbocycles. The number of halogens is 1. The lowest BCUT2D eigenvalue weighted by atomic mass is 10.1. The average molecular weight is 389 g/mol. The van der Waals surface area contributed by atoms with Gasteiger partial charge in [0.1, 0.15) is 6.04 Å². The maximum absolute atomic E-state index is 13.2. The van der Waals surface area contributed by atoms with Gasteiger partial charge in [-0.25, -0.2) is 0 Å². The molecule has 0 bridgehead atoms. The van der Waals surface area contributed by atoms with E-state index in [4.69, 9.17) is 0 Å². The third kappa shape index (κ3) is 4.84. The Morgan fingerprint density at radius 3 is 2.78 bits per heavy atom. The molecule has 6 nitrogen and oxygen atoms in total. The Labute approximate surface area is 165 Å². The van der Waals surface area contributed by atoms with Crippen LogP contribution in [0.15, 0.2) is 48.8 Å². The van der Waals surface area contributed by atoms with E-state index in [2.05, 4.69) is 15.6 Å². The summed E-state index contributed by atoms with van der Waals surface area (Å²) < 4.78 is 0. The van der Waals surface area contributed by atoms with Crippen LogP contribution < -0.4 is 15.5 Å². The predicted octanol–water partition coefficient (Wildman–Crippen LogP) is 2.08. The maximum Gasteiger partial charge on any atom is 0.249 e. The van der Waals surface area contributed by atoms with Crippen LogP contribution in [0.4, 0.5) is 5.69 Å². The molecule has 0 spiro atoms. The number of benzene rings is 1. The van der Waals surface area contributed by atoms with Crippen molar-refractivity contribution in [3.8, 4) is 0 Å². The highest BCUT2D eigenvalue weighted by molar-refractivity contribution is 6.00. The van der Waals surface area contributed by atoms with Crippen molar-refractivity contribution in [1.82, 2.24) is 15.6 Å². The number of aromatic nitrogens is 1. The lowest BCUT2D eigenvalue weighted by Crippen LogP contribution is -2.52. The fraction of sp³-hybridized carbons (Fsp3) is 0.350. The van der Waals surface area contributed by atoms with Crippen LogP contribution in [0, 0.1) is 0 Å². The van der Waals surface area contributed by atoms with Crippen molar-refractivity contribution in [1.29, 1.82) is 0 Å². The van der Waals surface area contributed by atoms with E-state index >= 15 is 0 Å². The third-order valence-electron chi connectivity index (χ3n) is 4.76. The van der Waals surface area contributed by atoms with Crippen molar-refractivity contribution in [2.75, 3.05) is 11.9 Å². The van der Waals surface area contributed by atoms with Crippen molar-refractivity contribution in [3.63, 3.8) is 0 Å². The molecule has 1 aliphatic rings. The fourth-order valence-electron chi connectivity index (χ4n) is 3.11. The van der Waals surface area contributed by atoms with Gasteiger partial charge in [0.05, 0.1) is 12.6 Å². The molecule has 0 saturated carbocycles. The molecule has 0 saturated heterocycles. The monoisotopic (exact) mass is 388 g/mol. The van der Waals surface area contributed by atoms with Gasteiger partial charge in [0.15, 0.2) is 0 Å². The molecule has 2 amide bonds. The van der Waals surface area contributed by atoms with Gasteiger partial charge in [0, 0.05) is 18.1 Å². The number of hydrogen-bond acceptors (Lipinski definition) is 4. The number of anilines is 1. The number of hydrogen-bond donors (Lipinski definition) is 2. The molecule has 144 valence electrons. The first kappa shape index (κ1) is 20.9. The number of carbonyl (C=O) groups is 2. The highest BCUT2D eigenvalue weighted by Crippen LogP contribution is 2.28. The van der Waals surface area contributed by atoms with Crippen molar-refractivity contribution >= 4 is 29.9 Å². The van der Waals surface area contributed by atoms with Gasteiger partial charge in [0.2, 0.25) is 11.8 Å². The summed E-state index contributed by atoms with van der Waals surface area (Å²) in [6, 6.07) is 10.8. The zero-order valence-corrected chi connectivity index (χ0v) is 16.3. The van der Waals surface area contributed by atoms with E-state index < -0.39 is 6.04 Å². The number of para-hydroxylation sites is 1. The standard InChI is InChI=1S/C20H24N4O2.ClH/c1-14(21-2)19(25)23-17-10-9-16-7-3-4-8-18(16)24(20(17)26)13-15-6-5-11-22-12-15;/h3-8,11-12,14,17,21H,9-10,13H2,1-2H3,(H,23,25);1H. The molecule has 1 aromatic heterocycles. The number of likely N-dealkylation sites (N-methyl/N-ethyl adjacent to an activating group) is 1. The molecule has 2 heterocycles. The molecular weight excluding hydrogens is 364 g/mol. The molecule has 2 N–H and O–H groups in total. The highest BCUT2D eigenvalue weighted by atomic mass is 35.5. The number of rotatable bonds is 5. The first-order valence-electron chi connectivity index (χ1n) is 8.86. The molecule has 1 aromatic carbocycles. The van der Waals surface area contributed by atoms with E-state index in [1.807, 2.05) is 36.4 Å². The van der Waals surface area contributed by atoms with Crippen LogP contribution in [-0.2, 0) is 22.6 Å². The van der Waals surface area contributed by atoms with Gasteiger partial charge in [-0.3, -0.25) is 14.6 Å². The summed E-state index contributed by atoms with van der Waals surface area (Å²) in [6.07, 6.45) is 4.80. The van der Waals surface area contributed by atoms with Crippen molar-refractivity contribution in [2.24, 2.45) is 0 Å². The van der Waals surface area contributed by atoms with Crippen LogP contribution in [0.3, 0.4) is 0 Å². The summed E-state index contributed by atoms with van der Waals surface area (Å²) in [7, 11) is 1.73. The first-order chi connectivity index (χ1) is 12.6. The van der Waals surface area contributed by atoms with Crippen LogP contribution in [-0.4, -0.2) is 35.9 Å². The van der Waals surface area contributed by atoms with Crippen LogP contribution in [0.1, 0.15) is 24.5 Å². The van der Waals surface area contributed by atoms with Crippen LogP contribution in [0.5, 0.6) is 0 Å². The van der Waals surface area contributed by atoms with E-state index in [9.17, 15) is 9.59 Å². The number of nitrogens with one attached hydrogen (secondary N) is 2. The normalized spacial score (nSPS) is 17.3. The molecule has 27 heavy (non-hydrogen) atoms. The van der Waals surface area contributed by atoms with E-state index in [-0.39, 0.29) is 30.3 Å². The van der Waals surface area contributed by atoms with E-state index in [0.717, 1.165) is 23.2 Å². The van der Waals surface area contributed by atoms with E-state index in [1.54, 1.807) is 31.3 Å². The summed E-state index contributed by atoms with van der Waals surface area (Å²) in [5.74, 6) is -0.256. The molecule has 2 unspecified atom stereocenters. The largest absolute Gasteiger partial charge is 0.343 e. The van der Waals surface area contributed by atoms with Gasteiger partial charge in [-0.2, -0.15) is 0 Å². The van der Waals surface area contributed by atoms with Gasteiger partial charge >= 0.3 is 0 Å². The minimum absolute atomic E-state index is 0. The van der Waals surface area contributed by atoms with Gasteiger partial charge in [0.25, 0.3) is 0 Å². The Hall–Kier alpha value is -2.44. The Balaban J connectivity index is 0.00000261. The molecule has 7 heteroatoms. The van der Waals surface area contributed by atoms with Crippen LogP contribution in [0.2, 0.25) is 0 Å². The summed E-state index contributed by atoms with van der Waals surface area (Å²) >= 11 is 0. The number of aryl methyl sites for hydroxylation is 1. The summed E-state index contributed by atoms with van der Waals surface area (Å²) in [5, 5.41) is 5.81. The molecule has 1 aliphatic heterocycles. The van der Waals surface area contributed by atoms with Crippen molar-refractivity contribution in [3.05, 3.63) is 59.9 Å². The maximum atomic E-state index is 13.2. The lowest BCUT2D eigenvalue weighted by molar-refractivity contribution is -0.128. The molecule has 2 aromatic rings. The van der Waals surface area contributed by atoms with Gasteiger partial charge in [-0.05, 0) is 50.1 Å². The molecular formula is C20H25ClN4O2. The number of amides is 2. The minimum Gasteiger partial charge on any atom is -0.343 e. The Morgan fingerprint density at radius 2 is 2.07 bits per heavy atom. The molecule has 3 rings (SSSR count). The average Bonchev–Trinajstić information content (AvgIpc) is 2.80. The van der Waals surface area contributed by atoms with Crippen LogP contribution >= 0.6 is 12.4 Å². The van der Waals surface area contributed by atoms with Gasteiger partial charge < -0.3 is 15.5 Å². The fourth-order valence-corrected chi connectivity index (χ4v) is 3.11. The number of pyridine rings is 1. The molecule has 0 fully saturated rings. The summed E-state index contributed by atoms with van der Waals surface area (Å²) in [4.78, 5) is 31.4. The second-order valence-electron chi connectivity index (χ2n) is 6.52. The van der Waals surface area contributed by atoms with E-state index in [0.29, 0.717) is 13.0 Å². The van der Waals surface area contributed by atoms with Crippen LogP contribution in [0.25, 0.3) is 0 Å². The molecule has 2 atom stereocenters. The number of carbonyl (C=O) groups excluding carboxylic acids is 2. The Morgan fingerprint density at radius 1 is 1.30 bits per heavy atom. The zero-order chi connectivity index (χ0) is 18.5. The van der Waals surface area contributed by atoms with E-state index in [1.165, 1.54) is 0 Å². The first-order valence-corrected chi connectivity index (χ1v) is 8.86. The lowest BCUT2D eigenvalue weighted by Gasteiger charge is -2.27. The number of nitrogens with zero attached hydrogens (tertiary/aromatic N) is 2. The zero-order valence-electron chi connectivity index (χ0n) is 15.5. The molecule has 0 radical (unpaired) electrons. The van der Waals surface area contributed by atoms with Crippen molar-refractivity contribution < 1.29 is 9.59 Å². The quantitative estimate of drug-likeness (QED) is 0.822. The van der Waals surface area contributed by atoms with Crippen molar-refractivity contribution in [2.45, 2.75) is 38.4 Å². The second kappa shape index (κ2) is 9.48. The Bertz CT molecular complexity index is 785. The smallest absolute Gasteiger partial charge is 0.249 e. The van der Waals surface area contributed by atoms with Gasteiger partial charge in [-0.1, -0.05) is 24.3 Å². The minimum atomic E-state index is -0.539. The highest BCUT2D eigenvalue weighted by Gasteiger charge is 2.32. The number of fused-ring (bicyclic) bond motifs is 1. The third-order valence-corrected chi connectivity index (χ3v) is 4.76. The second-order valence-corrected chi connectivity index (χ2v) is 6.52. The SMILES string of the molecule is CNC(C)C(=O)NC1CCc2ccccc2N(Cc2cccnc2)C1=O.Cl. The summed E-state index contributed by atoms with van der Waals surface area (Å²) in [6.45, 7) is 2.20. The predicted molar refractivity (Wildman–Crippen MR) is 108 cm³/mol. The topological polar surface area (TPSA) is 74.3 Å².